The van der Waals surface area contributed by atoms with E-state index in [4.69, 9.17) is 0 Å². The van der Waals surface area contributed by atoms with Crippen LogP contribution in [0.4, 0.5) is 0 Å². The summed E-state index contributed by atoms with van der Waals surface area (Å²) >= 11 is 0. The molecule has 2 aromatic carbocycles. The van der Waals surface area contributed by atoms with E-state index in [2.05, 4.69) is 41.7 Å². The summed E-state index contributed by atoms with van der Waals surface area (Å²) in [5.41, 5.74) is 4.18. The van der Waals surface area contributed by atoms with E-state index in [1.54, 1.807) is 0 Å². The van der Waals surface area contributed by atoms with E-state index >= 15 is 0 Å². The summed E-state index contributed by atoms with van der Waals surface area (Å²) in [6.07, 6.45) is 5.02. The smallest absolute Gasteiger partial charge is 0.115 e. The first-order chi connectivity index (χ1) is 10.3. The lowest BCUT2D eigenvalue weighted by Gasteiger charge is -2.41. The van der Waals surface area contributed by atoms with Gasteiger partial charge in [-0.25, -0.2) is 0 Å². The van der Waals surface area contributed by atoms with E-state index in [9.17, 15) is 5.11 Å². The average molecular weight is 279 g/mol. The SMILES string of the molecule is Oc1ccc2c(c1)C(c1ccccc1)CNC21CCCC1. The molecule has 1 spiro atoms. The third-order valence-electron chi connectivity index (χ3n) is 5.23. The molecule has 108 valence electrons. The number of rotatable bonds is 1. The Bertz CT molecular complexity index is 644. The second kappa shape index (κ2) is 4.88. The third-order valence-corrected chi connectivity index (χ3v) is 5.23. The summed E-state index contributed by atoms with van der Waals surface area (Å²) in [5.74, 6) is 0.712. The van der Waals surface area contributed by atoms with Crippen molar-refractivity contribution in [3.05, 3.63) is 65.2 Å². The summed E-state index contributed by atoms with van der Waals surface area (Å²) in [6.45, 7) is 0.959. The summed E-state index contributed by atoms with van der Waals surface area (Å²) in [4.78, 5) is 0. The Morgan fingerprint density at radius 3 is 2.52 bits per heavy atom. The molecule has 0 saturated heterocycles. The molecule has 0 aromatic heterocycles. The highest BCUT2D eigenvalue weighted by atomic mass is 16.3. The molecule has 2 N–H and O–H groups in total. The minimum Gasteiger partial charge on any atom is -0.508 e. The lowest BCUT2D eigenvalue weighted by Crippen LogP contribution is -2.47. The van der Waals surface area contributed by atoms with Gasteiger partial charge in [0.25, 0.3) is 0 Å². The molecule has 2 nitrogen and oxygen atoms in total. The lowest BCUT2D eigenvalue weighted by molar-refractivity contribution is 0.312. The van der Waals surface area contributed by atoms with Crippen molar-refractivity contribution in [1.29, 1.82) is 0 Å². The Balaban J connectivity index is 1.85. The first-order valence-corrected chi connectivity index (χ1v) is 7.92. The number of nitrogens with one attached hydrogen (secondary N) is 1. The van der Waals surface area contributed by atoms with Crippen LogP contribution in [0.25, 0.3) is 0 Å². The topological polar surface area (TPSA) is 32.3 Å². The van der Waals surface area contributed by atoms with Gasteiger partial charge < -0.3 is 10.4 Å². The molecule has 0 radical (unpaired) electrons. The lowest BCUT2D eigenvalue weighted by atomic mass is 9.75. The molecule has 1 aliphatic heterocycles. The molecule has 0 amide bonds. The van der Waals surface area contributed by atoms with Crippen LogP contribution in [0, 0.1) is 0 Å². The highest BCUT2D eigenvalue weighted by Crippen LogP contribution is 2.46. The number of phenols is 1. The number of phenolic OH excluding ortho intramolecular Hbond substituents is 1. The monoisotopic (exact) mass is 279 g/mol. The Morgan fingerprint density at radius 1 is 1.00 bits per heavy atom. The summed E-state index contributed by atoms with van der Waals surface area (Å²) in [6, 6.07) is 16.6. The van der Waals surface area contributed by atoms with E-state index in [-0.39, 0.29) is 5.54 Å². The number of hydrogen-bond donors (Lipinski definition) is 2. The van der Waals surface area contributed by atoms with E-state index in [1.165, 1.54) is 42.4 Å². The zero-order valence-electron chi connectivity index (χ0n) is 12.2. The first-order valence-electron chi connectivity index (χ1n) is 7.92. The van der Waals surface area contributed by atoms with Gasteiger partial charge in [0.1, 0.15) is 5.75 Å². The van der Waals surface area contributed by atoms with E-state index in [0.29, 0.717) is 11.7 Å². The first kappa shape index (κ1) is 12.9. The number of hydrogen-bond acceptors (Lipinski definition) is 2. The van der Waals surface area contributed by atoms with E-state index < -0.39 is 0 Å². The fourth-order valence-electron chi connectivity index (χ4n) is 4.18. The van der Waals surface area contributed by atoms with Crippen molar-refractivity contribution >= 4 is 0 Å². The van der Waals surface area contributed by atoms with Crippen molar-refractivity contribution in [3.63, 3.8) is 0 Å². The maximum Gasteiger partial charge on any atom is 0.115 e. The molecule has 4 rings (SSSR count). The molecule has 2 aliphatic rings. The van der Waals surface area contributed by atoms with Crippen molar-refractivity contribution in [3.8, 4) is 5.75 Å². The van der Waals surface area contributed by atoms with Gasteiger partial charge in [0.15, 0.2) is 0 Å². The fraction of sp³-hybridized carbons (Fsp3) is 0.368. The Hall–Kier alpha value is -1.80. The van der Waals surface area contributed by atoms with Gasteiger partial charge in [0.05, 0.1) is 0 Å². The predicted molar refractivity (Wildman–Crippen MR) is 84.5 cm³/mol. The minimum atomic E-state index is 0.147. The van der Waals surface area contributed by atoms with Crippen LogP contribution in [0.15, 0.2) is 48.5 Å². The van der Waals surface area contributed by atoms with Crippen molar-refractivity contribution in [2.75, 3.05) is 6.54 Å². The Labute approximate surface area is 125 Å². The van der Waals surface area contributed by atoms with Gasteiger partial charge in [-0.05, 0) is 41.7 Å². The van der Waals surface area contributed by atoms with Crippen LogP contribution in [0.3, 0.4) is 0 Å². The molecular formula is C19H21NO. The average Bonchev–Trinajstić information content (AvgIpc) is 2.98. The molecule has 0 bridgehead atoms. The largest absolute Gasteiger partial charge is 0.508 e. The molecule has 2 aromatic rings. The maximum absolute atomic E-state index is 9.96. The van der Waals surface area contributed by atoms with Gasteiger partial charge >= 0.3 is 0 Å². The summed E-state index contributed by atoms with van der Waals surface area (Å²) in [7, 11) is 0. The molecule has 1 atom stereocenters. The summed E-state index contributed by atoms with van der Waals surface area (Å²) < 4.78 is 0. The second-order valence-electron chi connectivity index (χ2n) is 6.40. The maximum atomic E-state index is 9.96. The predicted octanol–water partition coefficient (Wildman–Crippen LogP) is 3.90. The highest BCUT2D eigenvalue weighted by molar-refractivity contribution is 5.48. The van der Waals surface area contributed by atoms with Gasteiger partial charge in [0.2, 0.25) is 0 Å². The zero-order valence-corrected chi connectivity index (χ0v) is 12.2. The second-order valence-corrected chi connectivity index (χ2v) is 6.40. The van der Waals surface area contributed by atoms with Crippen LogP contribution in [0.5, 0.6) is 5.75 Å². The summed E-state index contributed by atoms with van der Waals surface area (Å²) in [5, 5.41) is 13.8. The van der Waals surface area contributed by atoms with Crippen LogP contribution in [-0.2, 0) is 5.54 Å². The van der Waals surface area contributed by atoms with Crippen molar-refractivity contribution in [2.24, 2.45) is 0 Å². The molecule has 1 saturated carbocycles. The minimum absolute atomic E-state index is 0.147. The Morgan fingerprint density at radius 2 is 1.76 bits per heavy atom. The molecule has 1 aliphatic carbocycles. The van der Waals surface area contributed by atoms with Crippen LogP contribution in [-0.4, -0.2) is 11.7 Å². The fourth-order valence-corrected chi connectivity index (χ4v) is 4.18. The molecule has 2 heteroatoms. The van der Waals surface area contributed by atoms with Crippen LogP contribution < -0.4 is 5.32 Å². The van der Waals surface area contributed by atoms with Gasteiger partial charge in [-0.1, -0.05) is 49.2 Å². The van der Waals surface area contributed by atoms with E-state index in [0.717, 1.165) is 6.54 Å². The molecule has 1 heterocycles. The highest BCUT2D eigenvalue weighted by Gasteiger charge is 2.41. The molecule has 1 unspecified atom stereocenters. The molecular weight excluding hydrogens is 258 g/mol. The number of aromatic hydroxyl groups is 1. The number of fused-ring (bicyclic) bond motifs is 2. The standard InChI is InChI=1S/C19H21NO/c21-15-8-9-18-16(12-15)17(14-6-2-1-3-7-14)13-20-19(18)10-4-5-11-19/h1-3,6-9,12,17,20-21H,4-5,10-11,13H2. The van der Waals surface area contributed by atoms with Gasteiger partial charge in [-0.2, -0.15) is 0 Å². The van der Waals surface area contributed by atoms with Crippen LogP contribution in [0.1, 0.15) is 48.3 Å². The zero-order chi connectivity index (χ0) is 14.3. The van der Waals surface area contributed by atoms with Crippen molar-refractivity contribution in [1.82, 2.24) is 5.32 Å². The molecule has 1 fully saturated rings. The van der Waals surface area contributed by atoms with Gasteiger partial charge in [-0.3, -0.25) is 0 Å². The Kier molecular flexibility index (Phi) is 3.00. The van der Waals surface area contributed by atoms with Gasteiger partial charge in [-0.15, -0.1) is 0 Å². The quantitative estimate of drug-likeness (QED) is 0.830. The normalized spacial score (nSPS) is 23.1. The third kappa shape index (κ3) is 2.06. The van der Waals surface area contributed by atoms with Crippen molar-refractivity contribution < 1.29 is 5.11 Å². The van der Waals surface area contributed by atoms with E-state index in [1.807, 2.05) is 12.1 Å². The number of benzene rings is 2. The van der Waals surface area contributed by atoms with Gasteiger partial charge in [0, 0.05) is 18.0 Å². The van der Waals surface area contributed by atoms with Crippen molar-refractivity contribution in [2.45, 2.75) is 37.1 Å². The van der Waals surface area contributed by atoms with Crippen LogP contribution >= 0.6 is 0 Å². The molecule has 21 heavy (non-hydrogen) atoms. The van der Waals surface area contributed by atoms with Crippen LogP contribution in [0.2, 0.25) is 0 Å².